The lowest BCUT2D eigenvalue weighted by Crippen LogP contribution is -2.56. The fraction of sp³-hybridized carbons (Fsp3) is 0.600. The second-order valence-corrected chi connectivity index (χ2v) is 5.71. The van der Waals surface area contributed by atoms with Crippen molar-refractivity contribution in [3.63, 3.8) is 0 Å². The van der Waals surface area contributed by atoms with Gasteiger partial charge in [-0.1, -0.05) is 24.3 Å². The van der Waals surface area contributed by atoms with E-state index in [2.05, 4.69) is 9.47 Å². The molecule has 0 atom stereocenters. The maximum atomic E-state index is 13.4. The van der Waals surface area contributed by atoms with Gasteiger partial charge >= 0.3 is 24.7 Å². The van der Waals surface area contributed by atoms with Gasteiger partial charge in [0, 0.05) is 17.7 Å². The second-order valence-electron chi connectivity index (χ2n) is 5.71. The van der Waals surface area contributed by atoms with E-state index in [4.69, 9.17) is 0 Å². The van der Waals surface area contributed by atoms with Crippen molar-refractivity contribution in [1.29, 1.82) is 0 Å². The van der Waals surface area contributed by atoms with Gasteiger partial charge in [0.1, 0.15) is 6.79 Å². The molecule has 0 saturated heterocycles. The minimum absolute atomic E-state index is 0.301. The molecule has 1 aromatic rings. The molecule has 3 nitrogen and oxygen atoms in total. The monoisotopic (exact) mass is 468 g/mol. The lowest BCUT2D eigenvalue weighted by atomic mass is 9.87. The van der Waals surface area contributed by atoms with E-state index in [1.807, 2.05) is 0 Å². The Labute approximate surface area is 160 Å². The van der Waals surface area contributed by atoms with Crippen molar-refractivity contribution in [3.8, 4) is 0 Å². The van der Waals surface area contributed by atoms with Gasteiger partial charge in [0.15, 0.2) is 0 Å². The molecule has 0 spiro atoms. The molecule has 0 aliphatic rings. The minimum atomic E-state index is -6.39. The predicted molar refractivity (Wildman–Crippen MR) is 73.8 cm³/mol. The highest BCUT2D eigenvalue weighted by molar-refractivity contribution is 5.35. The van der Waals surface area contributed by atoms with Gasteiger partial charge in [-0.15, -0.1) is 0 Å². The van der Waals surface area contributed by atoms with Crippen LogP contribution in [-0.4, -0.2) is 43.2 Å². The highest BCUT2D eigenvalue weighted by Gasteiger charge is 2.74. The van der Waals surface area contributed by atoms with E-state index in [1.54, 1.807) is 0 Å². The zero-order valence-electron chi connectivity index (χ0n) is 14.5. The van der Waals surface area contributed by atoms with Gasteiger partial charge in [-0.2, -0.15) is 52.7 Å². The fourth-order valence-electron chi connectivity index (χ4n) is 2.38. The maximum absolute atomic E-state index is 13.4. The molecule has 0 radical (unpaired) electrons. The highest BCUT2D eigenvalue weighted by Crippen LogP contribution is 2.54. The summed E-state index contributed by atoms with van der Waals surface area (Å²) in [6, 6.07) is -1.31. The molecule has 0 heterocycles. The third-order valence-electron chi connectivity index (χ3n) is 3.89. The molecule has 30 heavy (non-hydrogen) atoms. The van der Waals surface area contributed by atoms with Crippen LogP contribution < -0.4 is 0 Å². The number of aliphatic hydroxyl groups is 1. The van der Waals surface area contributed by atoms with Gasteiger partial charge in [-0.25, -0.2) is 0 Å². The molecule has 0 saturated carbocycles. The highest BCUT2D eigenvalue weighted by atomic mass is 19.4. The van der Waals surface area contributed by atoms with Gasteiger partial charge < -0.3 is 14.6 Å². The zero-order chi connectivity index (χ0) is 23.8. The summed E-state index contributed by atoms with van der Waals surface area (Å²) in [5.74, 6) is 0. The van der Waals surface area contributed by atoms with Crippen LogP contribution in [0.25, 0.3) is 0 Å². The van der Waals surface area contributed by atoms with E-state index >= 15 is 0 Å². The number of benzene rings is 1. The number of hydrogen-bond acceptors (Lipinski definition) is 3. The Kier molecular flexibility index (Phi) is 7.07. The Balaban J connectivity index is 3.68. The largest absolute Gasteiger partial charge is 0.430 e. The first-order chi connectivity index (χ1) is 13.3. The van der Waals surface area contributed by atoms with E-state index in [0.717, 1.165) is 0 Å². The normalized spacial score (nSPS) is 14.9. The maximum Gasteiger partial charge on any atom is 0.430 e. The lowest BCUT2D eigenvalue weighted by molar-refractivity contribution is -0.401. The van der Waals surface area contributed by atoms with Crippen molar-refractivity contribution in [2.24, 2.45) is 0 Å². The van der Waals surface area contributed by atoms with Crippen molar-refractivity contribution >= 4 is 0 Å². The van der Waals surface area contributed by atoms with Crippen molar-refractivity contribution in [2.45, 2.75) is 42.8 Å². The quantitative estimate of drug-likeness (QED) is 0.349. The molecule has 0 fully saturated rings. The first-order valence-corrected chi connectivity index (χ1v) is 7.59. The molecule has 0 aliphatic heterocycles. The molecule has 1 rings (SSSR count). The Morgan fingerprint density at radius 1 is 0.667 bits per heavy atom. The molecule has 1 aromatic carbocycles. The molecule has 15 heteroatoms. The van der Waals surface area contributed by atoms with E-state index in [1.165, 1.54) is 6.92 Å². The first kappa shape index (κ1) is 26.3. The topological polar surface area (TPSA) is 38.7 Å². The summed E-state index contributed by atoms with van der Waals surface area (Å²) in [4.78, 5) is 0. The van der Waals surface area contributed by atoms with Crippen LogP contribution >= 0.6 is 0 Å². The molecule has 0 amide bonds. The van der Waals surface area contributed by atoms with Crippen LogP contribution in [0.4, 0.5) is 52.7 Å². The number of ether oxygens (including phenoxy) is 2. The van der Waals surface area contributed by atoms with Gasteiger partial charge in [0.25, 0.3) is 11.2 Å². The average Bonchev–Trinajstić information content (AvgIpc) is 2.54. The van der Waals surface area contributed by atoms with Crippen LogP contribution in [0.2, 0.25) is 0 Å². The Morgan fingerprint density at radius 2 is 1.03 bits per heavy atom. The molecule has 0 aromatic heterocycles. The summed E-state index contributed by atoms with van der Waals surface area (Å²) in [5, 5.41) is 9.20. The van der Waals surface area contributed by atoms with E-state index in [0.29, 0.717) is 0 Å². The first-order valence-electron chi connectivity index (χ1n) is 7.59. The molecule has 0 unspecified atom stereocenters. The number of alkyl halides is 12. The molecule has 0 aliphatic carbocycles. The fourth-order valence-corrected chi connectivity index (χ4v) is 2.38. The standard InChI is InChI=1S/C15H12F12O3/c1-2-29-7-30-11(14(22,23)24,15(25,26)27)9-5-3-8(4-6-9)10(28,12(16,17)18)13(19,20)21/h3-6,28H,2,7H2,1H3. The van der Waals surface area contributed by atoms with E-state index in [-0.39, 0.29) is 30.9 Å². The van der Waals surface area contributed by atoms with Gasteiger partial charge in [-0.05, 0) is 6.92 Å². The van der Waals surface area contributed by atoms with Crippen molar-refractivity contribution in [3.05, 3.63) is 35.4 Å². The molecular weight excluding hydrogens is 456 g/mol. The van der Waals surface area contributed by atoms with Crippen LogP contribution in [0.15, 0.2) is 24.3 Å². The molecule has 0 bridgehead atoms. The van der Waals surface area contributed by atoms with Crippen LogP contribution in [0, 0.1) is 0 Å². The van der Waals surface area contributed by atoms with Crippen LogP contribution in [0.3, 0.4) is 0 Å². The third-order valence-corrected chi connectivity index (χ3v) is 3.89. The summed E-state index contributed by atoms with van der Waals surface area (Å²) < 4.78 is 165. The molecule has 174 valence electrons. The zero-order valence-corrected chi connectivity index (χ0v) is 14.5. The minimum Gasteiger partial charge on any atom is -0.369 e. The SMILES string of the molecule is CCOCOC(c1ccc(C(O)(C(F)(F)F)C(F)(F)F)cc1)(C(F)(F)F)C(F)(F)F. The van der Waals surface area contributed by atoms with Crippen LogP contribution in [0.1, 0.15) is 18.1 Å². The summed E-state index contributed by atoms with van der Waals surface area (Å²) >= 11 is 0. The van der Waals surface area contributed by atoms with Crippen molar-refractivity contribution in [1.82, 2.24) is 0 Å². The average molecular weight is 468 g/mol. The predicted octanol–water partition coefficient (Wildman–Crippen LogP) is 5.33. The van der Waals surface area contributed by atoms with Crippen molar-refractivity contribution in [2.75, 3.05) is 13.4 Å². The summed E-state index contributed by atoms with van der Waals surface area (Å²) in [6.45, 7) is -0.711. The van der Waals surface area contributed by atoms with Gasteiger partial charge in [0.2, 0.25) is 0 Å². The number of rotatable bonds is 6. The van der Waals surface area contributed by atoms with Gasteiger partial charge in [0.05, 0.1) is 0 Å². The summed E-state index contributed by atoms with van der Waals surface area (Å²) in [6.07, 6.45) is -25.3. The van der Waals surface area contributed by atoms with Crippen LogP contribution in [-0.2, 0) is 20.7 Å². The number of hydrogen-bond donors (Lipinski definition) is 1. The lowest BCUT2D eigenvalue weighted by Gasteiger charge is -2.38. The molecule has 1 N–H and O–H groups in total. The Morgan fingerprint density at radius 3 is 1.33 bits per heavy atom. The van der Waals surface area contributed by atoms with Gasteiger partial charge in [-0.3, -0.25) is 0 Å². The second kappa shape index (κ2) is 8.07. The van der Waals surface area contributed by atoms with E-state index < -0.39 is 53.8 Å². The number of halogens is 12. The summed E-state index contributed by atoms with van der Waals surface area (Å²) in [5.41, 5.74) is -14.6. The Bertz CT molecular complexity index is 672. The third kappa shape index (κ3) is 4.32. The molecular formula is C15H12F12O3. The summed E-state index contributed by atoms with van der Waals surface area (Å²) in [7, 11) is 0. The Hall–Kier alpha value is -1.74. The van der Waals surface area contributed by atoms with Crippen molar-refractivity contribution < 1.29 is 67.3 Å². The van der Waals surface area contributed by atoms with Crippen LogP contribution in [0.5, 0.6) is 0 Å². The van der Waals surface area contributed by atoms with E-state index in [9.17, 15) is 57.8 Å². The smallest absolute Gasteiger partial charge is 0.369 e.